The third kappa shape index (κ3) is 3.16. The van der Waals surface area contributed by atoms with Crippen molar-refractivity contribution in [2.24, 2.45) is 5.73 Å². The van der Waals surface area contributed by atoms with Crippen molar-refractivity contribution in [2.45, 2.75) is 19.9 Å². The minimum absolute atomic E-state index is 0.280. The van der Waals surface area contributed by atoms with Crippen LogP contribution in [0.25, 0.3) is 0 Å². The molecule has 108 valence electrons. The van der Waals surface area contributed by atoms with Crippen LogP contribution in [-0.2, 0) is 0 Å². The van der Waals surface area contributed by atoms with Gasteiger partial charge in [0.1, 0.15) is 0 Å². The van der Waals surface area contributed by atoms with E-state index in [2.05, 4.69) is 15.9 Å². The van der Waals surface area contributed by atoms with Crippen molar-refractivity contribution < 1.29 is 13.9 Å². The number of ether oxygens (including phenoxy) is 2. The van der Waals surface area contributed by atoms with E-state index in [1.54, 1.807) is 12.5 Å². The summed E-state index contributed by atoms with van der Waals surface area (Å²) in [6.07, 6.45) is 3.26. The normalized spacial score (nSPS) is 12.2. The first-order valence-electron chi connectivity index (χ1n) is 6.54. The molecule has 0 fully saturated rings. The first-order chi connectivity index (χ1) is 9.67. The average Bonchev–Trinajstić information content (AvgIpc) is 2.95. The quantitative estimate of drug-likeness (QED) is 0.867. The Hall–Kier alpha value is -1.46. The maximum atomic E-state index is 6.26. The predicted octanol–water partition coefficient (Wildman–Crippen LogP) is 3.89. The largest absolute Gasteiger partial charge is 0.490 e. The fourth-order valence-corrected chi connectivity index (χ4v) is 2.53. The predicted molar refractivity (Wildman–Crippen MR) is 81.2 cm³/mol. The van der Waals surface area contributed by atoms with Gasteiger partial charge in [-0.3, -0.25) is 0 Å². The highest BCUT2D eigenvalue weighted by atomic mass is 79.9. The second-order valence-corrected chi connectivity index (χ2v) is 5.08. The van der Waals surface area contributed by atoms with E-state index in [-0.39, 0.29) is 6.04 Å². The Balaban J connectivity index is 2.40. The van der Waals surface area contributed by atoms with E-state index < -0.39 is 0 Å². The van der Waals surface area contributed by atoms with Crippen LogP contribution in [0.4, 0.5) is 0 Å². The van der Waals surface area contributed by atoms with Crippen LogP contribution < -0.4 is 15.2 Å². The lowest BCUT2D eigenvalue weighted by Crippen LogP contribution is -2.12. The minimum Gasteiger partial charge on any atom is -0.490 e. The van der Waals surface area contributed by atoms with Crippen molar-refractivity contribution >= 4 is 15.9 Å². The Morgan fingerprint density at radius 1 is 1.20 bits per heavy atom. The van der Waals surface area contributed by atoms with Crippen LogP contribution in [0.5, 0.6) is 11.5 Å². The smallest absolute Gasteiger partial charge is 0.162 e. The van der Waals surface area contributed by atoms with Crippen molar-refractivity contribution in [3.8, 4) is 11.5 Å². The minimum atomic E-state index is -0.280. The Bertz CT molecular complexity index is 554. The molecule has 0 saturated carbocycles. The van der Waals surface area contributed by atoms with Gasteiger partial charge in [0.15, 0.2) is 11.5 Å². The third-order valence-electron chi connectivity index (χ3n) is 2.90. The molecule has 0 radical (unpaired) electrons. The molecule has 2 rings (SSSR count). The molecule has 0 amide bonds. The molecule has 0 aliphatic heterocycles. The lowest BCUT2D eigenvalue weighted by molar-refractivity contribution is 0.287. The molecule has 5 heteroatoms. The number of nitrogens with two attached hydrogens (primary N) is 1. The van der Waals surface area contributed by atoms with E-state index in [9.17, 15) is 0 Å². The number of furan rings is 1. The van der Waals surface area contributed by atoms with Gasteiger partial charge in [-0.2, -0.15) is 0 Å². The highest BCUT2D eigenvalue weighted by Crippen LogP contribution is 2.37. The van der Waals surface area contributed by atoms with Gasteiger partial charge in [-0.15, -0.1) is 0 Å². The lowest BCUT2D eigenvalue weighted by Gasteiger charge is -2.17. The molecule has 0 spiro atoms. The molecular weight excluding hydrogens is 322 g/mol. The first kappa shape index (κ1) is 14.9. The van der Waals surface area contributed by atoms with Crippen LogP contribution in [0.3, 0.4) is 0 Å². The van der Waals surface area contributed by atoms with E-state index in [1.807, 2.05) is 32.0 Å². The van der Waals surface area contributed by atoms with Gasteiger partial charge in [0.2, 0.25) is 0 Å². The lowest BCUT2D eigenvalue weighted by atomic mass is 10.0. The van der Waals surface area contributed by atoms with Crippen LogP contribution in [-0.4, -0.2) is 13.2 Å². The van der Waals surface area contributed by atoms with Gasteiger partial charge in [-0.25, -0.2) is 0 Å². The number of benzene rings is 1. The molecule has 1 atom stereocenters. The van der Waals surface area contributed by atoms with Gasteiger partial charge in [0, 0.05) is 10.0 Å². The van der Waals surface area contributed by atoms with Crippen molar-refractivity contribution in [1.82, 2.24) is 0 Å². The van der Waals surface area contributed by atoms with Crippen LogP contribution in [0.15, 0.2) is 39.6 Å². The summed E-state index contributed by atoms with van der Waals surface area (Å²) in [4.78, 5) is 0. The van der Waals surface area contributed by atoms with Gasteiger partial charge in [-0.1, -0.05) is 15.9 Å². The summed E-state index contributed by atoms with van der Waals surface area (Å²) in [5.74, 6) is 1.41. The maximum absolute atomic E-state index is 6.26. The maximum Gasteiger partial charge on any atom is 0.162 e. The van der Waals surface area contributed by atoms with E-state index >= 15 is 0 Å². The van der Waals surface area contributed by atoms with Gasteiger partial charge >= 0.3 is 0 Å². The average molecular weight is 340 g/mol. The van der Waals surface area contributed by atoms with Crippen LogP contribution in [0, 0.1) is 0 Å². The fraction of sp³-hybridized carbons (Fsp3) is 0.333. The van der Waals surface area contributed by atoms with Crippen molar-refractivity contribution in [3.63, 3.8) is 0 Å². The molecule has 20 heavy (non-hydrogen) atoms. The molecule has 2 aromatic rings. The van der Waals surface area contributed by atoms with E-state index in [4.69, 9.17) is 19.6 Å². The molecule has 0 aliphatic carbocycles. The van der Waals surface area contributed by atoms with E-state index in [0.29, 0.717) is 24.7 Å². The van der Waals surface area contributed by atoms with Crippen molar-refractivity contribution in [2.75, 3.05) is 13.2 Å². The highest BCUT2D eigenvalue weighted by Gasteiger charge is 2.17. The Morgan fingerprint density at radius 3 is 2.40 bits per heavy atom. The molecule has 0 aliphatic rings. The zero-order valence-electron chi connectivity index (χ0n) is 11.6. The Labute approximate surface area is 127 Å². The standard InChI is InChI=1S/C15H18BrNO3/c1-3-19-13-7-11(12(16)8-14(13)20-4-2)15(17)10-5-6-18-9-10/h5-9,15H,3-4,17H2,1-2H3. The summed E-state index contributed by atoms with van der Waals surface area (Å²) >= 11 is 3.54. The molecule has 1 aromatic heterocycles. The van der Waals surface area contributed by atoms with Gasteiger partial charge < -0.3 is 19.6 Å². The van der Waals surface area contributed by atoms with Crippen molar-refractivity contribution in [3.05, 3.63) is 46.3 Å². The Morgan fingerprint density at radius 2 is 1.85 bits per heavy atom. The third-order valence-corrected chi connectivity index (χ3v) is 3.59. The highest BCUT2D eigenvalue weighted by molar-refractivity contribution is 9.10. The summed E-state index contributed by atoms with van der Waals surface area (Å²) < 4.78 is 17.2. The van der Waals surface area contributed by atoms with Crippen LogP contribution >= 0.6 is 15.9 Å². The molecular formula is C15H18BrNO3. The van der Waals surface area contributed by atoms with Gasteiger partial charge in [0.25, 0.3) is 0 Å². The molecule has 0 saturated heterocycles. The molecule has 1 unspecified atom stereocenters. The Kier molecular flexibility index (Phi) is 5.09. The zero-order chi connectivity index (χ0) is 14.5. The second-order valence-electron chi connectivity index (χ2n) is 4.22. The summed E-state index contributed by atoms with van der Waals surface area (Å²) in [6, 6.07) is 5.38. The van der Waals surface area contributed by atoms with E-state index in [0.717, 1.165) is 15.6 Å². The monoisotopic (exact) mass is 339 g/mol. The molecule has 1 aromatic carbocycles. The summed E-state index contributed by atoms with van der Waals surface area (Å²) in [5.41, 5.74) is 8.11. The number of hydrogen-bond donors (Lipinski definition) is 1. The van der Waals surface area contributed by atoms with Gasteiger partial charge in [0.05, 0.1) is 31.8 Å². The molecule has 0 bridgehead atoms. The first-order valence-corrected chi connectivity index (χ1v) is 7.33. The molecule has 1 heterocycles. The van der Waals surface area contributed by atoms with Gasteiger partial charge in [-0.05, 0) is 37.6 Å². The summed E-state index contributed by atoms with van der Waals surface area (Å²) in [6.45, 7) is 5.03. The SMILES string of the molecule is CCOc1cc(Br)c(C(N)c2ccoc2)cc1OCC. The number of rotatable bonds is 6. The van der Waals surface area contributed by atoms with Crippen molar-refractivity contribution in [1.29, 1.82) is 0 Å². The summed E-state index contributed by atoms with van der Waals surface area (Å²) in [5, 5.41) is 0. The number of halogens is 1. The number of hydrogen-bond acceptors (Lipinski definition) is 4. The van der Waals surface area contributed by atoms with Crippen LogP contribution in [0.1, 0.15) is 31.0 Å². The fourth-order valence-electron chi connectivity index (χ4n) is 1.96. The molecule has 4 nitrogen and oxygen atoms in total. The topological polar surface area (TPSA) is 57.6 Å². The second kappa shape index (κ2) is 6.81. The molecule has 2 N–H and O–H groups in total. The zero-order valence-corrected chi connectivity index (χ0v) is 13.1. The van der Waals surface area contributed by atoms with Crippen LogP contribution in [0.2, 0.25) is 0 Å². The van der Waals surface area contributed by atoms with E-state index in [1.165, 1.54) is 0 Å². The summed E-state index contributed by atoms with van der Waals surface area (Å²) in [7, 11) is 0.